The number of amides is 1. The lowest BCUT2D eigenvalue weighted by atomic mass is 10.2. The predicted octanol–water partition coefficient (Wildman–Crippen LogP) is 5.02. The van der Waals surface area contributed by atoms with Crippen molar-refractivity contribution in [1.82, 2.24) is 0 Å². The number of hydrogen-bond donors (Lipinski definition) is 1. The van der Waals surface area contributed by atoms with Crippen LogP contribution in [0.1, 0.15) is 21.5 Å². The fraction of sp³-hybridized carbons (Fsp3) is 0.130. The number of anilines is 1. The van der Waals surface area contributed by atoms with Gasteiger partial charge in [0, 0.05) is 10.7 Å². The monoisotopic (exact) mass is 409 g/mol. The van der Waals surface area contributed by atoms with Gasteiger partial charge in [0.05, 0.1) is 5.56 Å². The molecule has 0 heterocycles. The lowest BCUT2D eigenvalue weighted by Crippen LogP contribution is -2.21. The van der Waals surface area contributed by atoms with Crippen LogP contribution in [0.25, 0.3) is 0 Å². The smallest absolute Gasteiger partial charge is 0.338 e. The Hall–Kier alpha value is -3.31. The molecule has 0 spiro atoms. The van der Waals surface area contributed by atoms with Gasteiger partial charge in [-0.05, 0) is 54.4 Å². The lowest BCUT2D eigenvalue weighted by molar-refractivity contribution is -0.119. The van der Waals surface area contributed by atoms with E-state index < -0.39 is 18.5 Å². The van der Waals surface area contributed by atoms with Crippen molar-refractivity contribution in [2.45, 2.75) is 13.5 Å². The molecule has 0 aliphatic carbocycles. The molecule has 6 heteroatoms. The first-order valence-corrected chi connectivity index (χ1v) is 9.39. The predicted molar refractivity (Wildman–Crippen MR) is 112 cm³/mol. The van der Waals surface area contributed by atoms with E-state index in [1.165, 1.54) is 0 Å². The Balaban J connectivity index is 1.53. The van der Waals surface area contributed by atoms with Crippen molar-refractivity contribution in [3.05, 3.63) is 94.5 Å². The Bertz CT molecular complexity index is 1000. The van der Waals surface area contributed by atoms with Crippen molar-refractivity contribution in [3.8, 4) is 5.75 Å². The van der Waals surface area contributed by atoms with E-state index in [-0.39, 0.29) is 0 Å². The van der Waals surface area contributed by atoms with Crippen LogP contribution in [0.3, 0.4) is 0 Å². The van der Waals surface area contributed by atoms with Gasteiger partial charge in [0.25, 0.3) is 5.91 Å². The van der Waals surface area contributed by atoms with Crippen LogP contribution >= 0.6 is 11.6 Å². The molecule has 0 bridgehead atoms. The second kappa shape index (κ2) is 9.75. The Morgan fingerprint density at radius 1 is 0.966 bits per heavy atom. The SMILES string of the molecule is Cc1cc(Cl)ccc1NC(=O)COC(=O)c1cccc(OCc2ccccc2)c1. The van der Waals surface area contributed by atoms with Crippen LogP contribution < -0.4 is 10.1 Å². The molecule has 0 unspecified atom stereocenters. The summed E-state index contributed by atoms with van der Waals surface area (Å²) >= 11 is 5.90. The molecule has 0 aliphatic rings. The highest BCUT2D eigenvalue weighted by atomic mass is 35.5. The zero-order valence-corrected chi connectivity index (χ0v) is 16.6. The van der Waals surface area contributed by atoms with Gasteiger partial charge >= 0.3 is 5.97 Å². The third-order valence-corrected chi connectivity index (χ3v) is 4.35. The number of ether oxygens (including phenoxy) is 2. The maximum atomic E-state index is 12.3. The molecule has 0 saturated heterocycles. The van der Waals surface area contributed by atoms with Crippen molar-refractivity contribution in [2.75, 3.05) is 11.9 Å². The van der Waals surface area contributed by atoms with Gasteiger partial charge in [-0.3, -0.25) is 4.79 Å². The molecule has 3 aromatic rings. The standard InChI is InChI=1S/C23H20ClNO4/c1-16-12-19(24)10-11-21(16)25-22(26)15-29-23(27)18-8-5-9-20(13-18)28-14-17-6-3-2-4-7-17/h2-13H,14-15H2,1H3,(H,25,26). The molecule has 0 atom stereocenters. The minimum atomic E-state index is -0.599. The van der Waals surface area contributed by atoms with E-state index in [9.17, 15) is 9.59 Å². The molecule has 3 aromatic carbocycles. The number of halogens is 1. The Morgan fingerprint density at radius 2 is 1.76 bits per heavy atom. The number of nitrogens with one attached hydrogen (secondary N) is 1. The Morgan fingerprint density at radius 3 is 2.52 bits per heavy atom. The molecule has 0 radical (unpaired) electrons. The summed E-state index contributed by atoms with van der Waals surface area (Å²) in [5.74, 6) is -0.483. The third-order valence-electron chi connectivity index (χ3n) is 4.11. The molecule has 1 N–H and O–H groups in total. The van der Waals surface area contributed by atoms with Gasteiger partial charge < -0.3 is 14.8 Å². The number of aryl methyl sites for hydroxylation is 1. The van der Waals surface area contributed by atoms with Crippen molar-refractivity contribution >= 4 is 29.2 Å². The largest absolute Gasteiger partial charge is 0.489 e. The van der Waals surface area contributed by atoms with Crippen molar-refractivity contribution in [1.29, 1.82) is 0 Å². The number of carbonyl (C=O) groups is 2. The fourth-order valence-electron chi connectivity index (χ4n) is 2.62. The van der Waals surface area contributed by atoms with E-state index >= 15 is 0 Å². The first-order valence-electron chi connectivity index (χ1n) is 9.01. The summed E-state index contributed by atoms with van der Waals surface area (Å²) in [7, 11) is 0. The van der Waals surface area contributed by atoms with Crippen LogP contribution in [-0.2, 0) is 16.1 Å². The van der Waals surface area contributed by atoms with Crippen LogP contribution in [0.5, 0.6) is 5.75 Å². The van der Waals surface area contributed by atoms with Gasteiger partial charge in [-0.25, -0.2) is 4.79 Å². The lowest BCUT2D eigenvalue weighted by Gasteiger charge is -2.10. The summed E-state index contributed by atoms with van der Waals surface area (Å²) in [5.41, 5.74) is 2.77. The van der Waals surface area contributed by atoms with E-state index in [1.807, 2.05) is 37.3 Å². The maximum absolute atomic E-state index is 12.3. The number of rotatable bonds is 7. The average Bonchev–Trinajstić information content (AvgIpc) is 2.73. The summed E-state index contributed by atoms with van der Waals surface area (Å²) < 4.78 is 10.8. The molecule has 0 aromatic heterocycles. The highest BCUT2D eigenvalue weighted by molar-refractivity contribution is 6.30. The zero-order chi connectivity index (χ0) is 20.6. The maximum Gasteiger partial charge on any atom is 0.338 e. The molecule has 29 heavy (non-hydrogen) atoms. The quantitative estimate of drug-likeness (QED) is 0.556. The summed E-state index contributed by atoms with van der Waals surface area (Å²) in [6, 6.07) is 21.5. The second-order valence-electron chi connectivity index (χ2n) is 6.39. The molecule has 3 rings (SSSR count). The van der Waals surface area contributed by atoms with Gasteiger partial charge in [0.1, 0.15) is 12.4 Å². The summed E-state index contributed by atoms with van der Waals surface area (Å²) in [6.45, 7) is 1.83. The highest BCUT2D eigenvalue weighted by Crippen LogP contribution is 2.20. The number of esters is 1. The van der Waals surface area contributed by atoms with Gasteiger partial charge in [0.15, 0.2) is 6.61 Å². The van der Waals surface area contributed by atoms with E-state index in [0.717, 1.165) is 11.1 Å². The van der Waals surface area contributed by atoms with Crippen molar-refractivity contribution in [3.63, 3.8) is 0 Å². The number of benzene rings is 3. The van der Waals surface area contributed by atoms with Crippen molar-refractivity contribution in [2.24, 2.45) is 0 Å². The van der Waals surface area contributed by atoms with Gasteiger partial charge in [-0.1, -0.05) is 48.0 Å². The van der Waals surface area contributed by atoms with E-state index in [4.69, 9.17) is 21.1 Å². The molecular formula is C23H20ClNO4. The van der Waals surface area contributed by atoms with E-state index in [1.54, 1.807) is 42.5 Å². The van der Waals surface area contributed by atoms with Crippen LogP contribution in [0.15, 0.2) is 72.8 Å². The number of carbonyl (C=O) groups excluding carboxylic acids is 2. The van der Waals surface area contributed by atoms with E-state index in [2.05, 4.69) is 5.32 Å². The second-order valence-corrected chi connectivity index (χ2v) is 6.82. The van der Waals surface area contributed by atoms with Gasteiger partial charge in [0.2, 0.25) is 0 Å². The van der Waals surface area contributed by atoms with Gasteiger partial charge in [-0.2, -0.15) is 0 Å². The Kier molecular flexibility index (Phi) is 6.87. The fourth-order valence-corrected chi connectivity index (χ4v) is 2.85. The summed E-state index contributed by atoms with van der Waals surface area (Å²) in [6.07, 6.45) is 0. The minimum absolute atomic E-state index is 0.311. The summed E-state index contributed by atoms with van der Waals surface area (Å²) in [4.78, 5) is 24.3. The molecule has 0 fully saturated rings. The minimum Gasteiger partial charge on any atom is -0.489 e. The zero-order valence-electron chi connectivity index (χ0n) is 15.9. The first kappa shape index (κ1) is 20.4. The van der Waals surface area contributed by atoms with Crippen LogP contribution in [0.2, 0.25) is 5.02 Å². The molecule has 0 saturated carbocycles. The first-order chi connectivity index (χ1) is 14.0. The van der Waals surface area contributed by atoms with Gasteiger partial charge in [-0.15, -0.1) is 0 Å². The van der Waals surface area contributed by atoms with E-state index in [0.29, 0.717) is 28.6 Å². The van der Waals surface area contributed by atoms with Crippen LogP contribution in [0, 0.1) is 6.92 Å². The molecule has 5 nitrogen and oxygen atoms in total. The third kappa shape index (κ3) is 6.09. The topological polar surface area (TPSA) is 64.6 Å². The average molecular weight is 410 g/mol. The van der Waals surface area contributed by atoms with Crippen molar-refractivity contribution < 1.29 is 19.1 Å². The normalized spacial score (nSPS) is 10.3. The Labute approximate surface area is 174 Å². The summed E-state index contributed by atoms with van der Waals surface area (Å²) in [5, 5.41) is 3.28. The number of hydrogen-bond acceptors (Lipinski definition) is 4. The highest BCUT2D eigenvalue weighted by Gasteiger charge is 2.12. The van der Waals surface area contributed by atoms with Crippen LogP contribution in [0.4, 0.5) is 5.69 Å². The molecule has 148 valence electrons. The van der Waals surface area contributed by atoms with Crippen LogP contribution in [-0.4, -0.2) is 18.5 Å². The molecule has 0 aliphatic heterocycles. The molecular weight excluding hydrogens is 390 g/mol. The molecule has 1 amide bonds.